The van der Waals surface area contributed by atoms with Crippen molar-refractivity contribution in [2.24, 2.45) is 0 Å². The molecule has 0 atom stereocenters. The number of allylic oxidation sites excluding steroid dienone is 4. The van der Waals surface area contributed by atoms with Crippen LogP contribution in [0.15, 0.2) is 73.9 Å². The van der Waals surface area contributed by atoms with E-state index in [0.717, 1.165) is 70.9 Å². The van der Waals surface area contributed by atoms with E-state index in [-0.39, 0.29) is 5.54 Å². The van der Waals surface area contributed by atoms with E-state index in [0.29, 0.717) is 0 Å². The fraction of sp³-hybridized carbons (Fsp3) is 0.152. The van der Waals surface area contributed by atoms with E-state index in [1.165, 1.54) is 0 Å². The number of aromatic nitrogens is 2. The molecule has 4 aromatic rings. The molecule has 0 saturated carbocycles. The fourth-order valence-corrected chi connectivity index (χ4v) is 5.04. The van der Waals surface area contributed by atoms with Gasteiger partial charge >= 0.3 is 0 Å². The summed E-state index contributed by atoms with van der Waals surface area (Å²) in [5.41, 5.74) is 4.81. The van der Waals surface area contributed by atoms with Crippen molar-refractivity contribution in [2.45, 2.75) is 33.2 Å². The van der Waals surface area contributed by atoms with Crippen molar-refractivity contribution in [3.05, 3.63) is 106 Å². The molecule has 0 N–H and O–H groups in total. The van der Waals surface area contributed by atoms with Gasteiger partial charge in [-0.25, -0.2) is 0 Å². The van der Waals surface area contributed by atoms with Gasteiger partial charge in [-0.1, -0.05) is 76.4 Å². The van der Waals surface area contributed by atoms with Crippen LogP contribution in [0, 0.1) is 0 Å². The predicted octanol–water partition coefficient (Wildman–Crippen LogP) is 5.66. The second-order valence-electron chi connectivity index (χ2n) is 10.2. The molecule has 0 spiro atoms. The highest BCUT2D eigenvalue weighted by Gasteiger charge is 2.18. The van der Waals surface area contributed by atoms with Gasteiger partial charge in [0.25, 0.3) is 0 Å². The Labute approximate surface area is 207 Å². The van der Waals surface area contributed by atoms with Crippen molar-refractivity contribution in [2.75, 3.05) is 0 Å². The van der Waals surface area contributed by atoms with Crippen LogP contribution >= 0.6 is 0 Å². The molecule has 2 nitrogen and oxygen atoms in total. The molecule has 0 aliphatic rings. The van der Waals surface area contributed by atoms with Crippen LogP contribution in [-0.2, 0) is 5.54 Å². The third kappa shape index (κ3) is 3.76. The standard InChI is InChI=1S/C33H34N2/c1-12-13-32(20(2)3)34-22(5)28-16-14-26(18-30(28)23(34)6)21(4)27-15-17-29-24(7)35(33(9,10)11)25(8)31(29)19-27/h12-19H,1-2,4-8H2,3,9-11H3/b32-13+. The molecule has 0 saturated heterocycles. The molecule has 2 heterocycles. The van der Waals surface area contributed by atoms with Gasteiger partial charge in [0.15, 0.2) is 0 Å². The van der Waals surface area contributed by atoms with E-state index in [1.54, 1.807) is 6.08 Å². The number of nitrogens with zero attached hydrogens (tertiary/aromatic N) is 2. The fourth-order valence-electron chi connectivity index (χ4n) is 5.04. The third-order valence-corrected chi connectivity index (χ3v) is 6.68. The van der Waals surface area contributed by atoms with Gasteiger partial charge in [-0.05, 0) is 68.2 Å². The first-order valence-corrected chi connectivity index (χ1v) is 11.7. The van der Waals surface area contributed by atoms with Crippen LogP contribution in [0.4, 0.5) is 0 Å². The Morgan fingerprint density at radius 1 is 0.743 bits per heavy atom. The minimum atomic E-state index is -0.0956. The zero-order chi connectivity index (χ0) is 25.8. The summed E-state index contributed by atoms with van der Waals surface area (Å²) in [6.45, 7) is 38.3. The summed E-state index contributed by atoms with van der Waals surface area (Å²) < 4.78 is 4.26. The topological polar surface area (TPSA) is 9.86 Å². The Hall–Kier alpha value is -4.04. The van der Waals surface area contributed by atoms with Crippen molar-refractivity contribution in [3.63, 3.8) is 0 Å². The van der Waals surface area contributed by atoms with E-state index in [9.17, 15) is 0 Å². The minimum Gasteiger partial charge on any atom is -0.336 e. The molecule has 2 aromatic carbocycles. The highest BCUT2D eigenvalue weighted by atomic mass is 15.0. The maximum atomic E-state index is 4.44. The lowest BCUT2D eigenvalue weighted by Crippen LogP contribution is -2.38. The van der Waals surface area contributed by atoms with E-state index in [1.807, 2.05) is 17.6 Å². The van der Waals surface area contributed by atoms with Crippen molar-refractivity contribution >= 4 is 59.1 Å². The predicted molar refractivity (Wildman–Crippen MR) is 157 cm³/mol. The molecule has 0 unspecified atom stereocenters. The summed E-state index contributed by atoms with van der Waals surface area (Å²) in [7, 11) is 0. The maximum absolute atomic E-state index is 4.44. The molecule has 0 aliphatic heterocycles. The smallest absolute Gasteiger partial charge is 0.0484 e. The number of rotatable bonds is 5. The van der Waals surface area contributed by atoms with Crippen LogP contribution in [0.3, 0.4) is 0 Å². The van der Waals surface area contributed by atoms with E-state index in [2.05, 4.69) is 108 Å². The number of hydrogen-bond acceptors (Lipinski definition) is 0. The van der Waals surface area contributed by atoms with Gasteiger partial charge in [0.1, 0.15) is 0 Å². The first-order valence-electron chi connectivity index (χ1n) is 11.7. The van der Waals surface area contributed by atoms with Crippen LogP contribution in [0.2, 0.25) is 0 Å². The zero-order valence-electron chi connectivity index (χ0n) is 21.5. The Morgan fingerprint density at radius 2 is 1.20 bits per heavy atom. The van der Waals surface area contributed by atoms with Gasteiger partial charge in [0.05, 0.1) is 0 Å². The molecule has 2 heteroatoms. The summed E-state index contributed by atoms with van der Waals surface area (Å²) in [4.78, 5) is 0. The van der Waals surface area contributed by atoms with E-state index >= 15 is 0 Å². The normalized spacial score (nSPS) is 12.4. The lowest BCUT2D eigenvalue weighted by molar-refractivity contribution is 0.383. The summed E-state index contributed by atoms with van der Waals surface area (Å²) in [6.07, 6.45) is 3.70. The summed E-state index contributed by atoms with van der Waals surface area (Å²) in [5.74, 6) is 0. The molecular weight excluding hydrogens is 424 g/mol. The SMILES string of the molecule is C=C/C=C(\C(=C)C)n1c(=C)c2ccc(C(=C)c3ccc4c(=C)n(C(C)(C)C)c(=C)c4c3)cc2c1=C. The zero-order valence-corrected chi connectivity index (χ0v) is 21.5. The molecule has 0 radical (unpaired) electrons. The lowest BCUT2D eigenvalue weighted by Gasteiger charge is -2.22. The molecule has 176 valence electrons. The Balaban J connectivity index is 1.88. The summed E-state index contributed by atoms with van der Waals surface area (Å²) in [5, 5.41) is 8.05. The average molecular weight is 459 g/mol. The second kappa shape index (κ2) is 8.32. The Bertz CT molecular complexity index is 1790. The van der Waals surface area contributed by atoms with Gasteiger partial charge in [-0.15, -0.1) is 0 Å². The molecule has 35 heavy (non-hydrogen) atoms. The molecule has 0 amide bonds. The maximum Gasteiger partial charge on any atom is 0.0484 e. The van der Waals surface area contributed by atoms with Crippen LogP contribution in [0.5, 0.6) is 0 Å². The van der Waals surface area contributed by atoms with Gasteiger partial charge in [0.2, 0.25) is 0 Å². The summed E-state index contributed by atoms with van der Waals surface area (Å²) in [6, 6.07) is 12.8. The lowest BCUT2D eigenvalue weighted by atomic mass is 9.96. The first kappa shape index (κ1) is 24.1. The monoisotopic (exact) mass is 458 g/mol. The average Bonchev–Trinajstić information content (AvgIpc) is 3.20. The summed E-state index contributed by atoms with van der Waals surface area (Å²) >= 11 is 0. The van der Waals surface area contributed by atoms with Crippen molar-refractivity contribution < 1.29 is 0 Å². The quantitative estimate of drug-likeness (QED) is 0.342. The van der Waals surface area contributed by atoms with E-state index in [4.69, 9.17) is 0 Å². The molecular formula is C33H34N2. The van der Waals surface area contributed by atoms with Crippen molar-refractivity contribution in [3.8, 4) is 0 Å². The number of benzene rings is 2. The van der Waals surface area contributed by atoms with Gasteiger partial charge in [0, 0.05) is 54.2 Å². The largest absolute Gasteiger partial charge is 0.336 e. The van der Waals surface area contributed by atoms with Gasteiger partial charge in [-0.3, -0.25) is 0 Å². The Kier molecular flexibility index (Phi) is 5.73. The molecule has 0 bridgehead atoms. The van der Waals surface area contributed by atoms with Gasteiger partial charge < -0.3 is 9.13 Å². The second-order valence-corrected chi connectivity index (χ2v) is 10.2. The number of fused-ring (bicyclic) bond motifs is 2. The molecule has 4 rings (SSSR count). The van der Waals surface area contributed by atoms with Crippen molar-refractivity contribution in [1.82, 2.24) is 9.13 Å². The Morgan fingerprint density at radius 3 is 1.69 bits per heavy atom. The molecule has 0 aliphatic carbocycles. The number of hydrogen-bond donors (Lipinski definition) is 0. The minimum absolute atomic E-state index is 0.0956. The third-order valence-electron chi connectivity index (χ3n) is 6.68. The highest BCUT2D eigenvalue weighted by molar-refractivity contribution is 5.93. The van der Waals surface area contributed by atoms with Crippen molar-refractivity contribution in [1.29, 1.82) is 0 Å². The highest BCUT2D eigenvalue weighted by Crippen LogP contribution is 2.26. The molecule has 0 fully saturated rings. The molecule has 2 aromatic heterocycles. The first-order chi connectivity index (χ1) is 16.4. The van der Waals surface area contributed by atoms with Crippen LogP contribution in [0.25, 0.3) is 59.1 Å². The van der Waals surface area contributed by atoms with Crippen LogP contribution in [0.1, 0.15) is 38.8 Å². The van der Waals surface area contributed by atoms with Crippen LogP contribution < -0.4 is 21.4 Å². The van der Waals surface area contributed by atoms with Crippen LogP contribution in [-0.4, -0.2) is 9.13 Å². The van der Waals surface area contributed by atoms with Gasteiger partial charge in [-0.2, -0.15) is 0 Å². The van der Waals surface area contributed by atoms with E-state index < -0.39 is 0 Å².